The zero-order valence-electron chi connectivity index (χ0n) is 15.8. The molecule has 1 aliphatic heterocycles. The second-order valence-electron chi connectivity index (χ2n) is 6.40. The van der Waals surface area contributed by atoms with Crippen LogP contribution in [-0.2, 0) is 11.3 Å². The van der Waals surface area contributed by atoms with Gasteiger partial charge in [-0.1, -0.05) is 18.2 Å². The van der Waals surface area contributed by atoms with E-state index in [0.29, 0.717) is 25.5 Å². The quantitative estimate of drug-likeness (QED) is 0.579. The lowest BCUT2D eigenvalue weighted by atomic mass is 10.0. The van der Waals surface area contributed by atoms with E-state index < -0.39 is 4.92 Å². The van der Waals surface area contributed by atoms with Gasteiger partial charge in [-0.15, -0.1) is 12.4 Å². The molecule has 2 heterocycles. The molecule has 0 spiro atoms. The van der Waals surface area contributed by atoms with Crippen LogP contribution in [0.25, 0.3) is 0 Å². The highest BCUT2D eigenvalue weighted by molar-refractivity contribution is 5.85. The number of carbonyl (C=O) groups is 1. The number of piperazine rings is 1. The van der Waals surface area contributed by atoms with E-state index in [1.54, 1.807) is 18.6 Å². The van der Waals surface area contributed by atoms with Gasteiger partial charge in [0.05, 0.1) is 13.2 Å². The Morgan fingerprint density at radius 1 is 1.43 bits per heavy atom. The highest BCUT2D eigenvalue weighted by Crippen LogP contribution is 2.30. The van der Waals surface area contributed by atoms with Crippen molar-refractivity contribution in [1.29, 1.82) is 0 Å². The van der Waals surface area contributed by atoms with Gasteiger partial charge in [0, 0.05) is 45.1 Å². The fourth-order valence-corrected chi connectivity index (χ4v) is 3.39. The standard InChI is InChI=1S/C18H23N5O4.ClH/c1-13-20-17(23(25)26)12-21(13)9-7-18(24)22-10-8-19-11-15(22)14-5-3-4-6-16(14)27-2;/h3-6,12,15,19H,7-11H2,1-2H3;1H. The molecule has 9 nitrogen and oxygen atoms in total. The first-order chi connectivity index (χ1) is 13.0. The van der Waals surface area contributed by atoms with E-state index in [0.717, 1.165) is 17.9 Å². The number of hydrogen-bond donors (Lipinski definition) is 1. The van der Waals surface area contributed by atoms with Crippen molar-refractivity contribution < 1.29 is 14.5 Å². The lowest BCUT2D eigenvalue weighted by molar-refractivity contribution is -0.389. The zero-order valence-corrected chi connectivity index (χ0v) is 16.6. The van der Waals surface area contributed by atoms with E-state index in [4.69, 9.17) is 4.74 Å². The first-order valence-electron chi connectivity index (χ1n) is 8.82. The molecule has 2 aromatic rings. The van der Waals surface area contributed by atoms with Gasteiger partial charge in [0.1, 0.15) is 11.9 Å². The SMILES string of the molecule is COc1ccccc1C1CNCCN1C(=O)CCn1cc([N+](=O)[O-])nc1C.Cl. The maximum Gasteiger partial charge on any atom is 0.381 e. The molecule has 10 heteroatoms. The highest BCUT2D eigenvalue weighted by atomic mass is 35.5. The third-order valence-corrected chi connectivity index (χ3v) is 4.78. The molecule has 1 aromatic heterocycles. The maximum absolute atomic E-state index is 12.9. The molecule has 1 unspecified atom stereocenters. The van der Waals surface area contributed by atoms with Gasteiger partial charge in [0.2, 0.25) is 11.7 Å². The molecule has 28 heavy (non-hydrogen) atoms. The number of nitrogens with one attached hydrogen (secondary N) is 1. The first-order valence-corrected chi connectivity index (χ1v) is 8.82. The molecule has 1 fully saturated rings. The molecule has 3 rings (SSSR count). The van der Waals surface area contributed by atoms with Gasteiger partial charge in [-0.25, -0.2) is 0 Å². The minimum absolute atomic E-state index is 0. The Morgan fingerprint density at radius 3 is 2.86 bits per heavy atom. The molecule has 1 aliphatic rings. The third-order valence-electron chi connectivity index (χ3n) is 4.78. The van der Waals surface area contributed by atoms with Crippen LogP contribution in [-0.4, -0.2) is 52.0 Å². The van der Waals surface area contributed by atoms with Crippen LogP contribution >= 0.6 is 12.4 Å². The summed E-state index contributed by atoms with van der Waals surface area (Å²) in [6.45, 7) is 4.03. The molecule has 0 radical (unpaired) electrons. The van der Waals surface area contributed by atoms with Crippen molar-refractivity contribution >= 4 is 24.1 Å². The summed E-state index contributed by atoms with van der Waals surface area (Å²) in [5.41, 5.74) is 0.968. The summed E-state index contributed by atoms with van der Waals surface area (Å²) < 4.78 is 7.10. The van der Waals surface area contributed by atoms with E-state index in [1.807, 2.05) is 29.2 Å². The number of nitrogens with zero attached hydrogens (tertiary/aromatic N) is 4. The second kappa shape index (κ2) is 9.52. The predicted molar refractivity (Wildman–Crippen MR) is 106 cm³/mol. The van der Waals surface area contributed by atoms with E-state index in [1.165, 1.54) is 6.20 Å². The molecule has 0 saturated carbocycles. The number of carbonyl (C=O) groups excluding carboxylic acids is 1. The lowest BCUT2D eigenvalue weighted by Gasteiger charge is -2.37. The number of hydrogen-bond acceptors (Lipinski definition) is 6. The number of amides is 1. The Hall–Kier alpha value is -2.65. The van der Waals surface area contributed by atoms with Crippen LogP contribution in [0.15, 0.2) is 30.5 Å². The minimum atomic E-state index is -0.528. The molecule has 1 saturated heterocycles. The number of aryl methyl sites for hydroxylation is 2. The summed E-state index contributed by atoms with van der Waals surface area (Å²) in [5, 5.41) is 14.2. The van der Waals surface area contributed by atoms with Gasteiger partial charge < -0.3 is 29.6 Å². The monoisotopic (exact) mass is 409 g/mol. The number of para-hydroxylation sites is 1. The molecule has 0 aliphatic carbocycles. The Morgan fingerprint density at radius 2 is 2.18 bits per heavy atom. The smallest absolute Gasteiger partial charge is 0.381 e. The van der Waals surface area contributed by atoms with Crippen molar-refractivity contribution in [2.24, 2.45) is 0 Å². The summed E-state index contributed by atoms with van der Waals surface area (Å²) in [5.74, 6) is 1.08. The van der Waals surface area contributed by atoms with Gasteiger partial charge in [0.25, 0.3) is 0 Å². The molecular formula is C18H24ClN5O4. The van der Waals surface area contributed by atoms with Crippen LogP contribution in [0.1, 0.15) is 23.9 Å². The minimum Gasteiger partial charge on any atom is -0.496 e. The predicted octanol–water partition coefficient (Wildman–Crippen LogP) is 2.09. The number of imidazole rings is 1. The van der Waals surface area contributed by atoms with E-state index >= 15 is 0 Å². The molecule has 1 atom stereocenters. The van der Waals surface area contributed by atoms with Gasteiger partial charge in [-0.05, 0) is 16.0 Å². The Kier molecular flexibility index (Phi) is 7.36. The Bertz CT molecular complexity index is 841. The van der Waals surface area contributed by atoms with Crippen LogP contribution in [0.5, 0.6) is 5.75 Å². The Balaban J connectivity index is 0.00000280. The summed E-state index contributed by atoms with van der Waals surface area (Å²) in [4.78, 5) is 29.0. The zero-order chi connectivity index (χ0) is 19.4. The van der Waals surface area contributed by atoms with Crippen molar-refractivity contribution in [1.82, 2.24) is 19.8 Å². The van der Waals surface area contributed by atoms with Crippen LogP contribution in [0, 0.1) is 17.0 Å². The third kappa shape index (κ3) is 4.60. The van der Waals surface area contributed by atoms with Gasteiger partial charge in [-0.2, -0.15) is 0 Å². The fourth-order valence-electron chi connectivity index (χ4n) is 3.39. The number of nitro groups is 1. The number of aromatic nitrogens is 2. The topological polar surface area (TPSA) is 103 Å². The second-order valence-corrected chi connectivity index (χ2v) is 6.40. The van der Waals surface area contributed by atoms with Crippen LogP contribution in [0.3, 0.4) is 0 Å². The fraction of sp³-hybridized carbons (Fsp3) is 0.444. The number of halogens is 1. The van der Waals surface area contributed by atoms with Crippen LogP contribution in [0.4, 0.5) is 5.82 Å². The van der Waals surface area contributed by atoms with Gasteiger partial charge >= 0.3 is 5.82 Å². The van der Waals surface area contributed by atoms with E-state index in [-0.39, 0.29) is 36.6 Å². The first kappa shape index (κ1) is 21.6. The highest BCUT2D eigenvalue weighted by Gasteiger charge is 2.29. The number of methoxy groups -OCH3 is 1. The maximum atomic E-state index is 12.9. The van der Waals surface area contributed by atoms with Crippen molar-refractivity contribution in [3.8, 4) is 5.75 Å². The van der Waals surface area contributed by atoms with Crippen LogP contribution in [0.2, 0.25) is 0 Å². The lowest BCUT2D eigenvalue weighted by Crippen LogP contribution is -2.48. The van der Waals surface area contributed by atoms with Crippen molar-refractivity contribution in [2.75, 3.05) is 26.7 Å². The molecule has 1 N–H and O–H groups in total. The van der Waals surface area contributed by atoms with Crippen molar-refractivity contribution in [3.05, 3.63) is 52.0 Å². The van der Waals surface area contributed by atoms with Crippen molar-refractivity contribution in [3.63, 3.8) is 0 Å². The van der Waals surface area contributed by atoms with Crippen LogP contribution < -0.4 is 10.1 Å². The van der Waals surface area contributed by atoms with E-state index in [2.05, 4.69) is 10.3 Å². The summed E-state index contributed by atoms with van der Waals surface area (Å²) in [6, 6.07) is 7.59. The number of ether oxygens (including phenoxy) is 1. The number of rotatable bonds is 6. The molecule has 1 aromatic carbocycles. The molecular weight excluding hydrogens is 386 g/mol. The largest absolute Gasteiger partial charge is 0.496 e. The van der Waals surface area contributed by atoms with Gasteiger partial charge in [-0.3, -0.25) is 4.79 Å². The average Bonchev–Trinajstić information content (AvgIpc) is 3.07. The summed E-state index contributed by atoms with van der Waals surface area (Å²) >= 11 is 0. The van der Waals surface area contributed by atoms with E-state index in [9.17, 15) is 14.9 Å². The average molecular weight is 410 g/mol. The summed E-state index contributed by atoms with van der Waals surface area (Å²) in [6.07, 6.45) is 1.62. The summed E-state index contributed by atoms with van der Waals surface area (Å²) in [7, 11) is 1.62. The van der Waals surface area contributed by atoms with Gasteiger partial charge in [0.15, 0.2) is 0 Å². The molecule has 152 valence electrons. The van der Waals surface area contributed by atoms with Crippen molar-refractivity contribution in [2.45, 2.75) is 25.9 Å². The molecule has 1 amide bonds. The normalized spacial score (nSPS) is 16.4. The number of benzene rings is 1. The molecule has 0 bridgehead atoms. The Labute approximate surface area is 169 Å².